The average Bonchev–Trinajstić information content (AvgIpc) is 2.39. The first-order chi connectivity index (χ1) is 9.06. The minimum atomic E-state index is -1.16. The van der Waals surface area contributed by atoms with Gasteiger partial charge in [0, 0.05) is 5.69 Å². The van der Waals surface area contributed by atoms with E-state index in [2.05, 4.69) is 10.3 Å². The second kappa shape index (κ2) is 5.30. The second-order valence-electron chi connectivity index (χ2n) is 4.04. The Balaban J connectivity index is 2.20. The van der Waals surface area contributed by atoms with Gasteiger partial charge in [0.2, 0.25) is 0 Å². The van der Waals surface area contributed by atoms with Crippen LogP contribution < -0.4 is 5.32 Å². The van der Waals surface area contributed by atoms with Gasteiger partial charge in [-0.05, 0) is 36.8 Å². The van der Waals surface area contributed by atoms with Crippen molar-refractivity contribution < 1.29 is 14.7 Å². The Morgan fingerprint density at radius 2 is 1.79 bits per heavy atom. The van der Waals surface area contributed by atoms with Gasteiger partial charge in [-0.25, -0.2) is 9.78 Å². The summed E-state index contributed by atoms with van der Waals surface area (Å²) in [6, 6.07) is 11.6. The molecule has 1 aromatic carbocycles. The molecular weight excluding hydrogens is 244 g/mol. The van der Waals surface area contributed by atoms with Gasteiger partial charge >= 0.3 is 5.97 Å². The van der Waals surface area contributed by atoms with E-state index in [1.165, 1.54) is 18.2 Å². The molecule has 0 aliphatic carbocycles. The van der Waals surface area contributed by atoms with E-state index in [1.54, 1.807) is 6.07 Å². The fourth-order valence-electron chi connectivity index (χ4n) is 1.60. The van der Waals surface area contributed by atoms with E-state index >= 15 is 0 Å². The van der Waals surface area contributed by atoms with E-state index in [9.17, 15) is 9.59 Å². The predicted molar refractivity (Wildman–Crippen MR) is 70.3 cm³/mol. The standard InChI is InChI=1S/C14H12N2O3/c1-9-4-2-5-10(8-9)15-13(17)11-6-3-7-12(16-11)14(18)19/h2-8H,1H3,(H,15,17)(H,18,19). The number of nitrogens with zero attached hydrogens (tertiary/aromatic N) is 1. The van der Waals surface area contributed by atoms with Gasteiger partial charge in [0.25, 0.3) is 5.91 Å². The van der Waals surface area contributed by atoms with Crippen LogP contribution in [0, 0.1) is 6.92 Å². The number of rotatable bonds is 3. The third-order valence-corrected chi connectivity index (χ3v) is 2.48. The van der Waals surface area contributed by atoms with Crippen LogP contribution in [-0.4, -0.2) is 22.0 Å². The largest absolute Gasteiger partial charge is 0.477 e. The fraction of sp³-hybridized carbons (Fsp3) is 0.0714. The zero-order chi connectivity index (χ0) is 13.8. The minimum Gasteiger partial charge on any atom is -0.477 e. The highest BCUT2D eigenvalue weighted by Crippen LogP contribution is 2.11. The Morgan fingerprint density at radius 1 is 1.11 bits per heavy atom. The van der Waals surface area contributed by atoms with Gasteiger partial charge in [0.1, 0.15) is 11.4 Å². The highest BCUT2D eigenvalue weighted by molar-refractivity contribution is 6.03. The van der Waals surface area contributed by atoms with Crippen molar-refractivity contribution in [1.29, 1.82) is 0 Å². The molecule has 1 aromatic heterocycles. The van der Waals surface area contributed by atoms with Crippen LogP contribution in [0.1, 0.15) is 26.5 Å². The molecular formula is C14H12N2O3. The molecule has 2 N–H and O–H groups in total. The number of nitrogens with one attached hydrogen (secondary N) is 1. The number of anilines is 1. The van der Waals surface area contributed by atoms with Crippen LogP contribution in [0.25, 0.3) is 0 Å². The summed E-state index contributed by atoms with van der Waals surface area (Å²) in [6.07, 6.45) is 0. The molecule has 0 saturated carbocycles. The van der Waals surface area contributed by atoms with E-state index < -0.39 is 11.9 Å². The molecule has 96 valence electrons. The summed E-state index contributed by atoms with van der Waals surface area (Å²) in [7, 11) is 0. The lowest BCUT2D eigenvalue weighted by molar-refractivity contribution is 0.0690. The van der Waals surface area contributed by atoms with Gasteiger partial charge in [-0.15, -0.1) is 0 Å². The van der Waals surface area contributed by atoms with Crippen molar-refractivity contribution in [3.8, 4) is 0 Å². The maximum Gasteiger partial charge on any atom is 0.354 e. The number of benzene rings is 1. The summed E-state index contributed by atoms with van der Waals surface area (Å²) in [5, 5.41) is 11.5. The lowest BCUT2D eigenvalue weighted by atomic mass is 10.2. The highest BCUT2D eigenvalue weighted by atomic mass is 16.4. The Morgan fingerprint density at radius 3 is 2.47 bits per heavy atom. The van der Waals surface area contributed by atoms with E-state index in [1.807, 2.05) is 25.1 Å². The molecule has 5 heteroatoms. The first kappa shape index (κ1) is 12.8. The summed E-state index contributed by atoms with van der Waals surface area (Å²) < 4.78 is 0. The molecule has 0 spiro atoms. The molecule has 1 heterocycles. The third kappa shape index (κ3) is 3.16. The van der Waals surface area contributed by atoms with Crippen molar-refractivity contribution >= 4 is 17.6 Å². The summed E-state index contributed by atoms with van der Waals surface area (Å²) in [6.45, 7) is 1.92. The molecule has 2 aromatic rings. The zero-order valence-electron chi connectivity index (χ0n) is 10.3. The summed E-state index contributed by atoms with van der Waals surface area (Å²) in [5.74, 6) is -1.60. The van der Waals surface area contributed by atoms with E-state index in [4.69, 9.17) is 5.11 Å². The number of aromatic nitrogens is 1. The van der Waals surface area contributed by atoms with Crippen LogP contribution in [-0.2, 0) is 0 Å². The smallest absolute Gasteiger partial charge is 0.354 e. The van der Waals surface area contributed by atoms with Gasteiger partial charge in [0.05, 0.1) is 0 Å². The van der Waals surface area contributed by atoms with Crippen molar-refractivity contribution in [2.75, 3.05) is 5.32 Å². The Labute approximate surface area is 109 Å². The lowest BCUT2D eigenvalue weighted by Gasteiger charge is -2.05. The van der Waals surface area contributed by atoms with E-state index in [0.29, 0.717) is 5.69 Å². The molecule has 1 amide bonds. The topological polar surface area (TPSA) is 79.3 Å². The predicted octanol–water partition coefficient (Wildman–Crippen LogP) is 2.34. The van der Waals surface area contributed by atoms with Gasteiger partial charge in [-0.2, -0.15) is 0 Å². The Hall–Kier alpha value is -2.69. The molecule has 0 bridgehead atoms. The number of carbonyl (C=O) groups is 2. The molecule has 0 radical (unpaired) electrons. The second-order valence-corrected chi connectivity index (χ2v) is 4.04. The third-order valence-electron chi connectivity index (χ3n) is 2.48. The molecule has 0 aliphatic rings. The van der Waals surface area contributed by atoms with Crippen LogP contribution in [0.15, 0.2) is 42.5 Å². The van der Waals surface area contributed by atoms with Crippen LogP contribution in [0.4, 0.5) is 5.69 Å². The number of carboxylic acid groups (broad SMARTS) is 1. The van der Waals surface area contributed by atoms with E-state index in [-0.39, 0.29) is 11.4 Å². The number of hydrogen-bond acceptors (Lipinski definition) is 3. The van der Waals surface area contributed by atoms with Gasteiger partial charge in [-0.3, -0.25) is 4.79 Å². The molecule has 0 fully saturated rings. The first-order valence-corrected chi connectivity index (χ1v) is 5.64. The molecule has 2 rings (SSSR count). The van der Waals surface area contributed by atoms with Crippen molar-refractivity contribution in [3.05, 3.63) is 59.4 Å². The highest BCUT2D eigenvalue weighted by Gasteiger charge is 2.11. The van der Waals surface area contributed by atoms with Crippen molar-refractivity contribution in [2.45, 2.75) is 6.92 Å². The summed E-state index contributed by atoms with van der Waals surface area (Å²) in [4.78, 5) is 26.5. The fourth-order valence-corrected chi connectivity index (χ4v) is 1.60. The zero-order valence-corrected chi connectivity index (χ0v) is 10.3. The summed E-state index contributed by atoms with van der Waals surface area (Å²) >= 11 is 0. The molecule has 0 saturated heterocycles. The molecule has 0 unspecified atom stereocenters. The van der Waals surface area contributed by atoms with Gasteiger partial charge in [0.15, 0.2) is 0 Å². The minimum absolute atomic E-state index is 0.0707. The first-order valence-electron chi connectivity index (χ1n) is 5.64. The van der Waals surface area contributed by atoms with Crippen molar-refractivity contribution in [2.24, 2.45) is 0 Å². The monoisotopic (exact) mass is 256 g/mol. The van der Waals surface area contributed by atoms with Crippen LogP contribution >= 0.6 is 0 Å². The maximum absolute atomic E-state index is 11.9. The number of hydrogen-bond donors (Lipinski definition) is 2. The molecule has 5 nitrogen and oxygen atoms in total. The number of carboxylic acids is 1. The van der Waals surface area contributed by atoms with Crippen LogP contribution in [0.2, 0.25) is 0 Å². The van der Waals surface area contributed by atoms with E-state index in [0.717, 1.165) is 5.56 Å². The number of pyridine rings is 1. The van der Waals surface area contributed by atoms with Crippen molar-refractivity contribution in [3.63, 3.8) is 0 Å². The van der Waals surface area contributed by atoms with Gasteiger partial charge < -0.3 is 10.4 Å². The molecule has 0 aliphatic heterocycles. The van der Waals surface area contributed by atoms with Crippen molar-refractivity contribution in [1.82, 2.24) is 4.98 Å². The lowest BCUT2D eigenvalue weighted by Crippen LogP contribution is -2.15. The SMILES string of the molecule is Cc1cccc(NC(=O)c2cccc(C(=O)O)n2)c1. The van der Waals surface area contributed by atoms with Gasteiger partial charge in [-0.1, -0.05) is 18.2 Å². The number of aromatic carboxylic acids is 1. The molecule has 19 heavy (non-hydrogen) atoms. The number of amides is 1. The Kier molecular flexibility index (Phi) is 3.56. The number of carbonyl (C=O) groups excluding carboxylic acids is 1. The quantitative estimate of drug-likeness (QED) is 0.883. The normalized spacial score (nSPS) is 9.95. The average molecular weight is 256 g/mol. The number of aryl methyl sites for hydroxylation is 1. The maximum atomic E-state index is 11.9. The Bertz CT molecular complexity index is 638. The van der Waals surface area contributed by atoms with Crippen LogP contribution in [0.5, 0.6) is 0 Å². The molecule has 0 atom stereocenters. The summed E-state index contributed by atoms with van der Waals surface area (Å²) in [5.41, 5.74) is 1.58. The van der Waals surface area contributed by atoms with Crippen LogP contribution in [0.3, 0.4) is 0 Å².